The Hall–Kier alpha value is -3.75. The number of nitrogens with zero attached hydrogens (tertiary/aromatic N) is 4. The van der Waals surface area contributed by atoms with Gasteiger partial charge in [0.2, 0.25) is 0 Å². The van der Waals surface area contributed by atoms with Crippen LogP contribution in [0.2, 0.25) is 0 Å². The van der Waals surface area contributed by atoms with Crippen LogP contribution in [0.1, 0.15) is 29.1 Å². The Bertz CT molecular complexity index is 1060. The van der Waals surface area contributed by atoms with Gasteiger partial charge in [0.1, 0.15) is 29.2 Å². The van der Waals surface area contributed by atoms with Gasteiger partial charge in [-0.2, -0.15) is 0 Å². The van der Waals surface area contributed by atoms with E-state index in [0.717, 1.165) is 0 Å². The molecule has 0 spiro atoms. The van der Waals surface area contributed by atoms with Gasteiger partial charge >= 0.3 is 0 Å². The van der Waals surface area contributed by atoms with Gasteiger partial charge in [0.15, 0.2) is 0 Å². The number of ether oxygens (including phenoxy) is 2. The van der Waals surface area contributed by atoms with Crippen LogP contribution in [0.5, 0.6) is 11.5 Å². The van der Waals surface area contributed by atoms with E-state index in [2.05, 4.69) is 20.3 Å². The quantitative estimate of drug-likeness (QED) is 0.677. The standard InChI is InChI=1S/C20H21N5O4/c1-12(23-20(27)18-15(28-3)6-5-7-16(18)29-4)19-24-14(10-17(26)25(19)2)13-8-9-21-11-22-13/h5-12H,1-4H3,(H,23,27). The van der Waals surface area contributed by atoms with Gasteiger partial charge in [-0.25, -0.2) is 15.0 Å². The molecule has 1 amide bonds. The fourth-order valence-corrected chi connectivity index (χ4v) is 2.93. The van der Waals surface area contributed by atoms with E-state index in [9.17, 15) is 9.59 Å². The van der Waals surface area contributed by atoms with E-state index in [-0.39, 0.29) is 11.1 Å². The number of aromatic nitrogens is 4. The topological polar surface area (TPSA) is 108 Å². The summed E-state index contributed by atoms with van der Waals surface area (Å²) in [4.78, 5) is 37.9. The third-order valence-electron chi connectivity index (χ3n) is 4.40. The second kappa shape index (κ2) is 8.51. The molecular weight excluding hydrogens is 374 g/mol. The summed E-state index contributed by atoms with van der Waals surface area (Å²) in [6, 6.07) is 7.56. The van der Waals surface area contributed by atoms with E-state index >= 15 is 0 Å². The van der Waals surface area contributed by atoms with Crippen molar-refractivity contribution >= 4 is 5.91 Å². The summed E-state index contributed by atoms with van der Waals surface area (Å²) in [7, 11) is 4.55. The normalized spacial score (nSPS) is 11.6. The molecule has 2 aromatic heterocycles. The second-order valence-electron chi connectivity index (χ2n) is 6.22. The highest BCUT2D eigenvalue weighted by atomic mass is 16.5. The molecule has 9 heteroatoms. The molecule has 1 N–H and O–H groups in total. The van der Waals surface area contributed by atoms with Crippen molar-refractivity contribution in [1.29, 1.82) is 0 Å². The van der Waals surface area contributed by atoms with Crippen LogP contribution < -0.4 is 20.3 Å². The van der Waals surface area contributed by atoms with Gasteiger partial charge in [0.25, 0.3) is 11.5 Å². The Morgan fingerprint density at radius 1 is 1.14 bits per heavy atom. The molecule has 0 radical (unpaired) electrons. The Morgan fingerprint density at radius 3 is 2.41 bits per heavy atom. The summed E-state index contributed by atoms with van der Waals surface area (Å²) in [5, 5.41) is 2.85. The molecule has 0 saturated heterocycles. The van der Waals surface area contributed by atoms with Crippen LogP contribution in [0.4, 0.5) is 0 Å². The first-order chi connectivity index (χ1) is 14.0. The molecule has 0 aliphatic carbocycles. The molecule has 29 heavy (non-hydrogen) atoms. The molecule has 3 rings (SSSR count). The van der Waals surface area contributed by atoms with Crippen LogP contribution in [0.3, 0.4) is 0 Å². The number of carbonyl (C=O) groups excluding carboxylic acids is 1. The van der Waals surface area contributed by atoms with Crippen molar-refractivity contribution in [2.45, 2.75) is 13.0 Å². The zero-order valence-corrected chi connectivity index (χ0v) is 16.5. The van der Waals surface area contributed by atoms with Gasteiger partial charge in [-0.05, 0) is 25.1 Å². The van der Waals surface area contributed by atoms with Gasteiger partial charge in [-0.3, -0.25) is 14.2 Å². The summed E-state index contributed by atoms with van der Waals surface area (Å²) >= 11 is 0. The molecule has 150 valence electrons. The van der Waals surface area contributed by atoms with Crippen LogP contribution in [0.15, 0.2) is 47.7 Å². The van der Waals surface area contributed by atoms with Gasteiger partial charge in [-0.1, -0.05) is 6.07 Å². The predicted octanol–water partition coefficient (Wildman–Crippen LogP) is 1.75. The summed E-state index contributed by atoms with van der Waals surface area (Å²) in [5.41, 5.74) is 0.922. The third-order valence-corrected chi connectivity index (χ3v) is 4.40. The lowest BCUT2D eigenvalue weighted by atomic mass is 10.1. The number of nitrogens with one attached hydrogen (secondary N) is 1. The summed E-state index contributed by atoms with van der Waals surface area (Å²) < 4.78 is 12.0. The van der Waals surface area contributed by atoms with Crippen LogP contribution in [0, 0.1) is 0 Å². The van der Waals surface area contributed by atoms with Gasteiger partial charge in [0, 0.05) is 19.3 Å². The molecule has 0 bridgehead atoms. The Kier molecular flexibility index (Phi) is 5.87. The molecule has 1 unspecified atom stereocenters. The average Bonchev–Trinajstić information content (AvgIpc) is 2.75. The molecule has 0 aliphatic rings. The molecular formula is C20H21N5O4. The molecule has 0 aliphatic heterocycles. The minimum Gasteiger partial charge on any atom is -0.496 e. The van der Waals surface area contributed by atoms with Gasteiger partial charge in [0.05, 0.1) is 31.6 Å². The molecule has 0 fully saturated rings. The highest BCUT2D eigenvalue weighted by molar-refractivity contribution is 5.99. The number of carbonyl (C=O) groups is 1. The van der Waals surface area contributed by atoms with Crippen molar-refractivity contribution in [2.24, 2.45) is 7.05 Å². The monoisotopic (exact) mass is 395 g/mol. The Labute approximate surface area is 167 Å². The fourth-order valence-electron chi connectivity index (χ4n) is 2.93. The molecule has 3 aromatic rings. The van der Waals surface area contributed by atoms with Crippen molar-refractivity contribution < 1.29 is 14.3 Å². The van der Waals surface area contributed by atoms with Crippen LogP contribution in [0.25, 0.3) is 11.4 Å². The fraction of sp³-hybridized carbons (Fsp3) is 0.250. The number of hydrogen-bond acceptors (Lipinski definition) is 7. The molecule has 0 saturated carbocycles. The summed E-state index contributed by atoms with van der Waals surface area (Å²) in [6.45, 7) is 1.74. The first kappa shape index (κ1) is 20.0. The maximum absolute atomic E-state index is 12.9. The van der Waals surface area contributed by atoms with Crippen molar-refractivity contribution in [3.63, 3.8) is 0 Å². The van der Waals surface area contributed by atoms with Crippen molar-refractivity contribution in [2.75, 3.05) is 14.2 Å². The SMILES string of the molecule is COc1cccc(OC)c1C(=O)NC(C)c1nc(-c2ccncn2)cc(=O)n1C. The van der Waals surface area contributed by atoms with E-state index in [4.69, 9.17) is 9.47 Å². The first-order valence-corrected chi connectivity index (χ1v) is 8.82. The molecule has 1 atom stereocenters. The predicted molar refractivity (Wildman–Crippen MR) is 106 cm³/mol. The van der Waals surface area contributed by atoms with Crippen LogP contribution >= 0.6 is 0 Å². The van der Waals surface area contributed by atoms with E-state index in [1.807, 2.05) is 0 Å². The van der Waals surface area contributed by atoms with Crippen LogP contribution in [-0.2, 0) is 7.05 Å². The number of hydrogen-bond donors (Lipinski definition) is 1. The second-order valence-corrected chi connectivity index (χ2v) is 6.22. The maximum atomic E-state index is 12.9. The highest BCUT2D eigenvalue weighted by Crippen LogP contribution is 2.28. The molecule has 2 heterocycles. The first-order valence-electron chi connectivity index (χ1n) is 8.82. The van der Waals surface area contributed by atoms with Crippen molar-refractivity contribution in [3.05, 3.63) is 64.6 Å². The molecule has 1 aromatic carbocycles. The average molecular weight is 395 g/mol. The lowest BCUT2D eigenvalue weighted by Gasteiger charge is -2.19. The summed E-state index contributed by atoms with van der Waals surface area (Å²) in [6.07, 6.45) is 2.95. The Balaban J connectivity index is 1.96. The van der Waals surface area contributed by atoms with E-state index in [0.29, 0.717) is 28.7 Å². The molecule has 9 nitrogen and oxygen atoms in total. The zero-order chi connectivity index (χ0) is 21.0. The van der Waals surface area contributed by atoms with Gasteiger partial charge in [-0.15, -0.1) is 0 Å². The smallest absolute Gasteiger partial charge is 0.259 e. The number of amides is 1. The highest BCUT2D eigenvalue weighted by Gasteiger charge is 2.22. The number of methoxy groups -OCH3 is 2. The minimum absolute atomic E-state index is 0.264. The largest absolute Gasteiger partial charge is 0.496 e. The Morgan fingerprint density at radius 2 is 1.83 bits per heavy atom. The lowest BCUT2D eigenvalue weighted by molar-refractivity contribution is 0.0931. The number of benzene rings is 1. The lowest BCUT2D eigenvalue weighted by Crippen LogP contribution is -2.33. The van der Waals surface area contributed by atoms with Crippen molar-refractivity contribution in [1.82, 2.24) is 24.8 Å². The number of rotatable bonds is 6. The maximum Gasteiger partial charge on any atom is 0.259 e. The summed E-state index contributed by atoms with van der Waals surface area (Å²) in [5.74, 6) is 0.734. The third kappa shape index (κ3) is 4.08. The van der Waals surface area contributed by atoms with E-state index in [1.165, 1.54) is 31.2 Å². The van der Waals surface area contributed by atoms with Crippen LogP contribution in [-0.4, -0.2) is 39.6 Å². The van der Waals surface area contributed by atoms with E-state index in [1.54, 1.807) is 44.4 Å². The minimum atomic E-state index is -0.573. The zero-order valence-electron chi connectivity index (χ0n) is 16.5. The van der Waals surface area contributed by atoms with Crippen molar-refractivity contribution in [3.8, 4) is 22.9 Å². The van der Waals surface area contributed by atoms with Gasteiger partial charge < -0.3 is 14.8 Å². The van der Waals surface area contributed by atoms with E-state index < -0.39 is 11.9 Å².